The van der Waals surface area contributed by atoms with Crippen LogP contribution in [-0.2, 0) is 0 Å². The Hall–Kier alpha value is -3.48. The number of hydrogen-bond donors (Lipinski definition) is 0. The number of rotatable bonds is 18. The zero-order chi connectivity index (χ0) is 49.7. The molecule has 0 fully saturated rings. The van der Waals surface area contributed by atoms with Gasteiger partial charge < -0.3 is 9.47 Å². The number of hydrogen-bond acceptors (Lipinski definition) is 5. The van der Waals surface area contributed by atoms with E-state index in [4.69, 9.17) is 11.6 Å². The van der Waals surface area contributed by atoms with Crippen molar-refractivity contribution < 1.29 is 159 Å². The van der Waals surface area contributed by atoms with E-state index in [1.807, 2.05) is 0 Å². The van der Waals surface area contributed by atoms with Crippen LogP contribution in [0.1, 0.15) is 0 Å². The van der Waals surface area contributed by atoms with Crippen LogP contribution in [0.5, 0.6) is 12.0 Å². The Balaban J connectivity index is 3.53. The van der Waals surface area contributed by atoms with E-state index in [0.717, 1.165) is 0 Å². The average Bonchev–Trinajstić information content (AvgIpc) is 3.04. The van der Waals surface area contributed by atoms with Crippen molar-refractivity contribution in [2.45, 2.75) is 95.3 Å². The van der Waals surface area contributed by atoms with Crippen LogP contribution in [0.3, 0.4) is 0 Å². The summed E-state index contributed by atoms with van der Waals surface area (Å²) in [6, 6.07) is -5.19. The smallest absolute Gasteiger partial charge is 0.457 e. The van der Waals surface area contributed by atoms with E-state index in [2.05, 4.69) is 24.4 Å². The molecule has 40 heteroatoms. The van der Waals surface area contributed by atoms with Crippen molar-refractivity contribution in [2.75, 3.05) is 13.2 Å². The molecule has 0 N–H and O–H groups in total. The van der Waals surface area contributed by atoms with Crippen LogP contribution in [0.2, 0.25) is 5.28 Å². The summed E-state index contributed by atoms with van der Waals surface area (Å²) in [5, 5.41) is -2.03. The number of ether oxygens (including phenoxy) is 2. The predicted molar refractivity (Wildman–Crippen MR) is 117 cm³/mol. The first kappa shape index (κ1) is 55.5. The lowest BCUT2D eigenvalue weighted by atomic mass is 9.89. The quantitative estimate of drug-likeness (QED) is 0.137. The first-order chi connectivity index (χ1) is 26.1. The van der Waals surface area contributed by atoms with Crippen LogP contribution < -0.4 is 9.47 Å². The molecule has 0 amide bonds. The normalized spacial score (nSPS) is 16.2. The Labute approximate surface area is 312 Å². The molecule has 61 heavy (non-hydrogen) atoms. The van der Waals surface area contributed by atoms with Crippen LogP contribution in [0.4, 0.5) is 149 Å². The van der Waals surface area contributed by atoms with Gasteiger partial charge in [0.25, 0.3) is 0 Å². The van der Waals surface area contributed by atoms with E-state index in [9.17, 15) is 149 Å². The van der Waals surface area contributed by atoms with Gasteiger partial charge in [-0.25, -0.2) is 0 Å². The Kier molecular flexibility index (Phi) is 13.5. The number of alkyl halides is 34. The SMILES string of the molecule is FC(F)(F)C(F)(F)C(F)(F)C(F)(F)C(F)(F)C(F)(F)C(F)(F)C(F)(F)COc1nc(Cl)nc(OCC(F)(F)C(F)(F)C(F)(F)C(F)(F)C(F)(F)C(F)(F)C(F)(F)C(F)(F)F)n1. The van der Waals surface area contributed by atoms with Gasteiger partial charge in [0.1, 0.15) is 0 Å². The number of halogens is 35. The van der Waals surface area contributed by atoms with Gasteiger partial charge in [-0.3, -0.25) is 0 Å². The second kappa shape index (κ2) is 14.8. The Morgan fingerprint density at radius 3 is 0.656 bits per heavy atom. The van der Waals surface area contributed by atoms with Crippen molar-refractivity contribution in [3.8, 4) is 12.0 Å². The molecule has 0 spiro atoms. The molecule has 0 saturated carbocycles. The van der Waals surface area contributed by atoms with Gasteiger partial charge in [-0.15, -0.1) is 4.98 Å². The highest BCUT2D eigenvalue weighted by Gasteiger charge is 2.97. The summed E-state index contributed by atoms with van der Waals surface area (Å²) in [5.41, 5.74) is 0. The Bertz CT molecular complexity index is 1610. The lowest BCUT2D eigenvalue weighted by Crippen LogP contribution is -2.74. The van der Waals surface area contributed by atoms with Crippen molar-refractivity contribution in [3.05, 3.63) is 5.28 Å². The molecular weight excluding hydrogens is 1010 g/mol. The molecule has 0 atom stereocenters. The minimum absolute atomic E-state index is 2.03. The predicted octanol–water partition coefficient (Wildman–Crippen LogP) is 11.3. The third-order valence-corrected chi connectivity index (χ3v) is 7.08. The minimum atomic E-state index is -9.11. The third-order valence-electron chi connectivity index (χ3n) is 6.91. The summed E-state index contributed by atoms with van der Waals surface area (Å²) in [6.07, 6.45) is -16.2. The number of aromatic nitrogens is 3. The van der Waals surface area contributed by atoms with E-state index in [-0.39, 0.29) is 0 Å². The minimum Gasteiger partial charge on any atom is -0.457 e. The second-order valence-electron chi connectivity index (χ2n) is 11.0. The van der Waals surface area contributed by atoms with E-state index in [1.54, 1.807) is 0 Å². The monoisotopic (exact) mass is 1010 g/mol. The first-order valence-electron chi connectivity index (χ1n) is 13.1. The zero-order valence-electron chi connectivity index (χ0n) is 26.3. The maximum Gasteiger partial charge on any atom is 0.460 e. The lowest BCUT2D eigenvalue weighted by Gasteiger charge is -2.42. The molecule has 0 radical (unpaired) electrons. The summed E-state index contributed by atoms with van der Waals surface area (Å²) >= 11 is 4.89. The molecule has 1 aromatic heterocycles. The standard InChI is InChI=1S/C21H4ClF34N3O2/c22-3-57-4(60-1-6(23,24)8(27,28)10(31,32)12(35,36)14(39,40)16(43,44)18(47,48)20(51,52)53)59-5(58-3)61-2-7(25,26)9(29,30)11(33,34)13(37,38)15(41,42)17(45,46)19(49,50)21(54,55)56/h1-2H2. The molecule has 0 unspecified atom stereocenters. The van der Waals surface area contributed by atoms with Crippen LogP contribution in [-0.4, -0.2) is 123 Å². The highest BCUT2D eigenvalue weighted by atomic mass is 35.5. The number of nitrogens with zero attached hydrogens (tertiary/aromatic N) is 3. The van der Waals surface area contributed by atoms with Crippen molar-refractivity contribution >= 4 is 11.6 Å². The molecule has 1 rings (SSSR count). The van der Waals surface area contributed by atoms with Gasteiger partial charge in [0, 0.05) is 0 Å². The molecule has 0 bridgehead atoms. The molecule has 0 saturated heterocycles. The van der Waals surface area contributed by atoms with Gasteiger partial charge >= 0.3 is 107 Å². The van der Waals surface area contributed by atoms with Gasteiger partial charge in [-0.1, -0.05) is 0 Å². The van der Waals surface area contributed by atoms with Gasteiger partial charge in [0.2, 0.25) is 5.28 Å². The highest BCUT2D eigenvalue weighted by molar-refractivity contribution is 6.28. The lowest BCUT2D eigenvalue weighted by molar-refractivity contribution is -0.462. The third kappa shape index (κ3) is 7.83. The van der Waals surface area contributed by atoms with E-state index in [1.165, 1.54) is 0 Å². The highest BCUT2D eigenvalue weighted by Crippen LogP contribution is 2.66. The van der Waals surface area contributed by atoms with E-state index >= 15 is 0 Å². The zero-order valence-corrected chi connectivity index (χ0v) is 27.1. The van der Waals surface area contributed by atoms with Crippen LogP contribution in [0.15, 0.2) is 0 Å². The summed E-state index contributed by atoms with van der Waals surface area (Å²) in [6.45, 7) is -7.93. The largest absolute Gasteiger partial charge is 0.460 e. The summed E-state index contributed by atoms with van der Waals surface area (Å²) in [7, 11) is 0. The molecule has 1 heterocycles. The van der Waals surface area contributed by atoms with Gasteiger partial charge in [-0.05, 0) is 11.6 Å². The molecule has 0 aliphatic carbocycles. The fraction of sp³-hybridized carbons (Fsp3) is 0.857. The summed E-state index contributed by atoms with van der Waals surface area (Å²) in [5.74, 6) is -121. The topological polar surface area (TPSA) is 57.1 Å². The van der Waals surface area contributed by atoms with Crippen molar-refractivity contribution in [3.63, 3.8) is 0 Å². The van der Waals surface area contributed by atoms with Gasteiger partial charge in [0.15, 0.2) is 13.2 Å². The summed E-state index contributed by atoms with van der Waals surface area (Å²) < 4.78 is 461. The second-order valence-corrected chi connectivity index (χ2v) is 11.4. The van der Waals surface area contributed by atoms with Gasteiger partial charge in [0.05, 0.1) is 0 Å². The fourth-order valence-electron chi connectivity index (χ4n) is 3.33. The van der Waals surface area contributed by atoms with Gasteiger partial charge in [-0.2, -0.15) is 159 Å². The molecule has 1 aromatic rings. The maximum absolute atomic E-state index is 14.1. The first-order valence-corrected chi connectivity index (χ1v) is 13.5. The van der Waals surface area contributed by atoms with Crippen LogP contribution >= 0.6 is 11.6 Å². The van der Waals surface area contributed by atoms with Crippen LogP contribution in [0.25, 0.3) is 0 Å². The van der Waals surface area contributed by atoms with Crippen LogP contribution in [0, 0.1) is 0 Å². The molecule has 5 nitrogen and oxygen atoms in total. The van der Waals surface area contributed by atoms with E-state index < -0.39 is 126 Å². The van der Waals surface area contributed by atoms with Crippen molar-refractivity contribution in [1.29, 1.82) is 0 Å². The molecule has 360 valence electrons. The van der Waals surface area contributed by atoms with Crippen molar-refractivity contribution in [1.82, 2.24) is 15.0 Å². The Morgan fingerprint density at radius 1 is 0.279 bits per heavy atom. The fourth-order valence-corrected chi connectivity index (χ4v) is 3.47. The Morgan fingerprint density at radius 2 is 0.459 bits per heavy atom. The molecular formula is C21H4ClF34N3O2. The van der Waals surface area contributed by atoms with E-state index in [0.29, 0.717) is 0 Å². The maximum atomic E-state index is 14.1. The molecule has 0 aliphatic rings. The molecule has 0 aliphatic heterocycles. The van der Waals surface area contributed by atoms with Crippen molar-refractivity contribution in [2.24, 2.45) is 0 Å². The summed E-state index contributed by atoms with van der Waals surface area (Å²) in [4.78, 5) is 6.61. The molecule has 0 aromatic carbocycles. The average molecular weight is 1010 g/mol.